The minimum atomic E-state index is -0.451. The minimum Gasteiger partial charge on any atom is -0.343 e. The summed E-state index contributed by atoms with van der Waals surface area (Å²) in [6.45, 7) is 1.89. The van der Waals surface area contributed by atoms with Gasteiger partial charge in [0.25, 0.3) is 0 Å². The quantitative estimate of drug-likeness (QED) is 0.869. The van der Waals surface area contributed by atoms with Gasteiger partial charge in [0, 0.05) is 0 Å². The Kier molecular flexibility index (Phi) is 3.33. The maximum Gasteiger partial charge on any atom is 0.250 e. The highest BCUT2D eigenvalue weighted by Gasteiger charge is 2.32. The molecule has 2 rings (SSSR count). The number of carbonyl (C=O) groups excluding carboxylic acids is 2. The molecule has 90 valence electrons. The lowest BCUT2D eigenvalue weighted by atomic mass is 10.1. The van der Waals surface area contributed by atoms with E-state index in [1.54, 1.807) is 24.3 Å². The molecule has 0 radical (unpaired) electrons. The Hall–Kier alpha value is -1.55. The number of piperazine rings is 1. The molecule has 1 N–H and O–H groups in total. The molecule has 1 saturated heterocycles. The molecular weight excluding hydrogens is 240 g/mol. The average Bonchev–Trinajstić information content (AvgIpc) is 2.32. The highest BCUT2D eigenvalue weighted by atomic mass is 35.5. The predicted molar refractivity (Wildman–Crippen MR) is 66.0 cm³/mol. The van der Waals surface area contributed by atoms with Gasteiger partial charge in [0.05, 0.1) is 10.7 Å². The third kappa shape index (κ3) is 2.26. The molecule has 1 aliphatic heterocycles. The summed E-state index contributed by atoms with van der Waals surface area (Å²) < 4.78 is 0. The maximum absolute atomic E-state index is 12.1. The molecule has 5 heteroatoms. The van der Waals surface area contributed by atoms with E-state index in [2.05, 4.69) is 5.32 Å². The van der Waals surface area contributed by atoms with Crippen LogP contribution in [0.4, 0.5) is 5.69 Å². The second-order valence-corrected chi connectivity index (χ2v) is 4.31. The van der Waals surface area contributed by atoms with Crippen molar-refractivity contribution in [3.63, 3.8) is 0 Å². The third-order valence-corrected chi connectivity index (χ3v) is 3.07. The summed E-state index contributed by atoms with van der Waals surface area (Å²) in [5.41, 5.74) is 0.590. The Labute approximate surface area is 105 Å². The number of para-hydroxylation sites is 1. The van der Waals surface area contributed by atoms with Gasteiger partial charge in [-0.1, -0.05) is 30.7 Å². The van der Waals surface area contributed by atoms with E-state index < -0.39 is 6.04 Å². The van der Waals surface area contributed by atoms with Crippen molar-refractivity contribution in [2.45, 2.75) is 19.4 Å². The Morgan fingerprint density at radius 3 is 2.76 bits per heavy atom. The zero-order valence-corrected chi connectivity index (χ0v) is 10.2. The standard InChI is InChI=1S/C12H13ClN2O2/c1-2-9-12(17)15(7-11(16)14-9)10-6-4-3-5-8(10)13/h3-6,9H,2,7H2,1H3,(H,14,16). The van der Waals surface area contributed by atoms with Crippen LogP contribution < -0.4 is 10.2 Å². The first kappa shape index (κ1) is 11.9. The number of halogens is 1. The van der Waals surface area contributed by atoms with E-state index in [9.17, 15) is 9.59 Å². The van der Waals surface area contributed by atoms with Gasteiger partial charge in [0.2, 0.25) is 11.8 Å². The van der Waals surface area contributed by atoms with Crippen LogP contribution in [0.1, 0.15) is 13.3 Å². The summed E-state index contributed by atoms with van der Waals surface area (Å²) in [5, 5.41) is 3.14. The molecule has 1 atom stereocenters. The molecule has 1 unspecified atom stereocenters. The van der Waals surface area contributed by atoms with E-state index in [0.717, 1.165) is 0 Å². The monoisotopic (exact) mass is 252 g/mol. The molecule has 0 bridgehead atoms. The van der Waals surface area contributed by atoms with E-state index in [1.165, 1.54) is 4.90 Å². The molecule has 1 heterocycles. The molecule has 0 saturated carbocycles. The lowest BCUT2D eigenvalue weighted by molar-refractivity contribution is -0.131. The van der Waals surface area contributed by atoms with Gasteiger partial charge in [-0.3, -0.25) is 14.5 Å². The van der Waals surface area contributed by atoms with Crippen LogP contribution in [0.2, 0.25) is 5.02 Å². The van der Waals surface area contributed by atoms with Crippen molar-refractivity contribution >= 4 is 29.1 Å². The van der Waals surface area contributed by atoms with Crippen molar-refractivity contribution in [3.05, 3.63) is 29.3 Å². The van der Waals surface area contributed by atoms with Gasteiger partial charge in [-0.05, 0) is 18.6 Å². The molecular formula is C12H13ClN2O2. The van der Waals surface area contributed by atoms with Crippen LogP contribution in [0, 0.1) is 0 Å². The molecule has 0 aromatic heterocycles. The van der Waals surface area contributed by atoms with E-state index in [1.807, 2.05) is 6.92 Å². The number of rotatable bonds is 2. The Morgan fingerprint density at radius 2 is 2.12 bits per heavy atom. The van der Waals surface area contributed by atoms with E-state index in [4.69, 9.17) is 11.6 Å². The van der Waals surface area contributed by atoms with Crippen LogP contribution in [-0.2, 0) is 9.59 Å². The van der Waals surface area contributed by atoms with Crippen LogP contribution in [-0.4, -0.2) is 24.4 Å². The molecule has 0 spiro atoms. The molecule has 1 aliphatic rings. The van der Waals surface area contributed by atoms with Gasteiger partial charge in [0.1, 0.15) is 12.6 Å². The first-order chi connectivity index (χ1) is 8.13. The molecule has 0 aliphatic carbocycles. The molecule has 17 heavy (non-hydrogen) atoms. The molecule has 1 aromatic carbocycles. The predicted octanol–water partition coefficient (Wildman–Crippen LogP) is 1.58. The number of hydrogen-bond donors (Lipinski definition) is 1. The van der Waals surface area contributed by atoms with E-state index in [0.29, 0.717) is 17.1 Å². The van der Waals surface area contributed by atoms with Crippen molar-refractivity contribution in [1.82, 2.24) is 5.32 Å². The SMILES string of the molecule is CCC1NC(=O)CN(c2ccccc2Cl)C1=O. The Bertz CT molecular complexity index is 462. The van der Waals surface area contributed by atoms with Crippen LogP contribution in [0.15, 0.2) is 24.3 Å². The number of nitrogens with zero attached hydrogens (tertiary/aromatic N) is 1. The van der Waals surface area contributed by atoms with Gasteiger partial charge in [-0.15, -0.1) is 0 Å². The summed E-state index contributed by atoms with van der Waals surface area (Å²) in [6, 6.07) is 6.58. The summed E-state index contributed by atoms with van der Waals surface area (Å²) >= 11 is 6.04. The Morgan fingerprint density at radius 1 is 1.41 bits per heavy atom. The zero-order chi connectivity index (χ0) is 12.4. The zero-order valence-electron chi connectivity index (χ0n) is 9.44. The molecule has 4 nitrogen and oxygen atoms in total. The van der Waals surface area contributed by atoms with Crippen molar-refractivity contribution < 1.29 is 9.59 Å². The third-order valence-electron chi connectivity index (χ3n) is 2.75. The Balaban J connectivity index is 2.34. The molecule has 1 aromatic rings. The van der Waals surface area contributed by atoms with Crippen molar-refractivity contribution in [2.75, 3.05) is 11.4 Å². The summed E-state index contributed by atoms with van der Waals surface area (Å²) in [4.78, 5) is 25.1. The smallest absolute Gasteiger partial charge is 0.250 e. The van der Waals surface area contributed by atoms with E-state index in [-0.39, 0.29) is 18.4 Å². The fraction of sp³-hybridized carbons (Fsp3) is 0.333. The van der Waals surface area contributed by atoms with Gasteiger partial charge < -0.3 is 5.32 Å². The van der Waals surface area contributed by atoms with Gasteiger partial charge in [-0.25, -0.2) is 0 Å². The topological polar surface area (TPSA) is 49.4 Å². The number of nitrogens with one attached hydrogen (secondary N) is 1. The number of anilines is 1. The largest absolute Gasteiger partial charge is 0.343 e. The molecule has 2 amide bonds. The first-order valence-corrected chi connectivity index (χ1v) is 5.86. The number of hydrogen-bond acceptors (Lipinski definition) is 2. The van der Waals surface area contributed by atoms with Crippen molar-refractivity contribution in [2.24, 2.45) is 0 Å². The first-order valence-electron chi connectivity index (χ1n) is 5.48. The van der Waals surface area contributed by atoms with Crippen molar-refractivity contribution in [1.29, 1.82) is 0 Å². The fourth-order valence-electron chi connectivity index (χ4n) is 1.86. The fourth-order valence-corrected chi connectivity index (χ4v) is 2.10. The van der Waals surface area contributed by atoms with Crippen LogP contribution in [0.25, 0.3) is 0 Å². The second-order valence-electron chi connectivity index (χ2n) is 3.90. The van der Waals surface area contributed by atoms with Gasteiger partial charge >= 0.3 is 0 Å². The summed E-state index contributed by atoms with van der Waals surface area (Å²) in [5.74, 6) is -0.267. The lowest BCUT2D eigenvalue weighted by Crippen LogP contribution is -2.58. The van der Waals surface area contributed by atoms with Crippen molar-refractivity contribution in [3.8, 4) is 0 Å². The summed E-state index contributed by atoms with van der Waals surface area (Å²) in [7, 11) is 0. The maximum atomic E-state index is 12.1. The van der Waals surface area contributed by atoms with Crippen LogP contribution in [0.5, 0.6) is 0 Å². The highest BCUT2D eigenvalue weighted by Crippen LogP contribution is 2.26. The summed E-state index contributed by atoms with van der Waals surface area (Å²) in [6.07, 6.45) is 0.575. The van der Waals surface area contributed by atoms with Crippen LogP contribution >= 0.6 is 11.6 Å². The second kappa shape index (κ2) is 4.75. The number of carbonyl (C=O) groups is 2. The van der Waals surface area contributed by atoms with Gasteiger partial charge in [0.15, 0.2) is 0 Å². The molecule has 1 fully saturated rings. The van der Waals surface area contributed by atoms with E-state index >= 15 is 0 Å². The number of amides is 2. The number of benzene rings is 1. The van der Waals surface area contributed by atoms with Crippen LogP contribution in [0.3, 0.4) is 0 Å². The average molecular weight is 253 g/mol. The highest BCUT2D eigenvalue weighted by molar-refractivity contribution is 6.34. The lowest BCUT2D eigenvalue weighted by Gasteiger charge is -2.32. The minimum absolute atomic E-state index is 0.0269. The normalized spacial score (nSPS) is 20.4. The van der Waals surface area contributed by atoms with Gasteiger partial charge in [-0.2, -0.15) is 0 Å².